The number of sulfonamides is 1. The molecule has 2 aromatic rings. The van der Waals surface area contributed by atoms with Crippen molar-refractivity contribution in [1.82, 2.24) is 0 Å². The number of nitro groups is 1. The van der Waals surface area contributed by atoms with Crippen LogP contribution in [0.3, 0.4) is 0 Å². The molecule has 0 spiro atoms. The molecule has 2 aromatic carbocycles. The number of carbonyl (C=O) groups is 1. The van der Waals surface area contributed by atoms with Crippen molar-refractivity contribution < 1.29 is 18.1 Å². The zero-order chi connectivity index (χ0) is 17.2. The molecule has 0 unspecified atom stereocenters. The van der Waals surface area contributed by atoms with Crippen LogP contribution in [0.2, 0.25) is 0 Å². The van der Waals surface area contributed by atoms with E-state index in [1.54, 1.807) is 0 Å². The van der Waals surface area contributed by atoms with Crippen LogP contribution in [0.4, 0.5) is 11.4 Å². The van der Waals surface area contributed by atoms with Gasteiger partial charge in [0.15, 0.2) is 0 Å². The highest BCUT2D eigenvalue weighted by atomic mass is 32.2. The second kappa shape index (κ2) is 6.05. The second-order valence-corrected chi connectivity index (χ2v) is 6.40. The predicted molar refractivity (Wildman–Crippen MR) is 83.6 cm³/mol. The molecule has 0 aliphatic rings. The molecule has 0 heterocycles. The SMILES string of the molecule is Cc1ccc([N+](=O)[O-])cc1S(=O)(=O)Nc1ccc(C(N)=O)cc1. The summed E-state index contributed by atoms with van der Waals surface area (Å²) in [5.74, 6) is -0.631. The topological polar surface area (TPSA) is 132 Å². The van der Waals surface area contributed by atoms with Crippen LogP contribution in [0.15, 0.2) is 47.4 Å². The molecule has 8 nitrogen and oxygen atoms in total. The Morgan fingerprint density at radius 2 is 1.78 bits per heavy atom. The summed E-state index contributed by atoms with van der Waals surface area (Å²) in [5, 5.41) is 10.8. The number of rotatable bonds is 5. The molecule has 0 aliphatic carbocycles. The first-order valence-electron chi connectivity index (χ1n) is 6.38. The number of anilines is 1. The molecule has 0 saturated heterocycles. The Morgan fingerprint density at radius 3 is 2.30 bits per heavy atom. The largest absolute Gasteiger partial charge is 0.366 e. The zero-order valence-electron chi connectivity index (χ0n) is 12.0. The fourth-order valence-electron chi connectivity index (χ4n) is 1.90. The van der Waals surface area contributed by atoms with Crippen molar-refractivity contribution in [3.8, 4) is 0 Å². The van der Waals surface area contributed by atoms with Crippen molar-refractivity contribution in [2.75, 3.05) is 4.72 Å². The molecule has 2 rings (SSSR count). The van der Waals surface area contributed by atoms with Crippen molar-refractivity contribution in [3.05, 3.63) is 63.7 Å². The second-order valence-electron chi connectivity index (χ2n) is 4.75. The van der Waals surface area contributed by atoms with E-state index in [1.807, 2.05) is 0 Å². The first kappa shape index (κ1) is 16.4. The number of carbonyl (C=O) groups excluding carboxylic acids is 1. The number of nitrogens with zero attached hydrogens (tertiary/aromatic N) is 1. The van der Waals surface area contributed by atoms with Crippen LogP contribution >= 0.6 is 0 Å². The Labute approximate surface area is 132 Å². The minimum Gasteiger partial charge on any atom is -0.366 e. The van der Waals surface area contributed by atoms with Crippen LogP contribution in [-0.2, 0) is 10.0 Å². The molecule has 3 N–H and O–H groups in total. The highest BCUT2D eigenvalue weighted by molar-refractivity contribution is 7.92. The first-order chi connectivity index (χ1) is 10.7. The fourth-order valence-corrected chi connectivity index (χ4v) is 3.23. The van der Waals surface area contributed by atoms with Gasteiger partial charge in [0.05, 0.1) is 9.82 Å². The summed E-state index contributed by atoms with van der Waals surface area (Å²) in [7, 11) is -4.00. The average molecular weight is 335 g/mol. The number of amides is 1. The predicted octanol–water partition coefficient (Wildman–Crippen LogP) is 1.80. The van der Waals surface area contributed by atoms with Crippen molar-refractivity contribution in [1.29, 1.82) is 0 Å². The molecular formula is C14H13N3O5S. The van der Waals surface area contributed by atoms with Gasteiger partial charge in [-0.15, -0.1) is 0 Å². The number of benzene rings is 2. The Balaban J connectivity index is 2.37. The highest BCUT2D eigenvalue weighted by Crippen LogP contribution is 2.24. The quantitative estimate of drug-likeness (QED) is 0.635. The van der Waals surface area contributed by atoms with E-state index >= 15 is 0 Å². The first-order valence-corrected chi connectivity index (χ1v) is 7.87. The summed E-state index contributed by atoms with van der Waals surface area (Å²) in [6.45, 7) is 1.54. The molecule has 9 heteroatoms. The summed E-state index contributed by atoms with van der Waals surface area (Å²) in [6, 6.07) is 9.10. The van der Waals surface area contributed by atoms with Crippen LogP contribution < -0.4 is 10.5 Å². The van der Waals surface area contributed by atoms with E-state index in [0.29, 0.717) is 5.56 Å². The monoisotopic (exact) mass is 335 g/mol. The van der Waals surface area contributed by atoms with Gasteiger partial charge in [-0.2, -0.15) is 0 Å². The molecular weight excluding hydrogens is 322 g/mol. The zero-order valence-corrected chi connectivity index (χ0v) is 12.8. The molecule has 0 bridgehead atoms. The third-order valence-corrected chi connectivity index (χ3v) is 4.62. The van der Waals surface area contributed by atoms with Gasteiger partial charge < -0.3 is 5.73 Å². The summed E-state index contributed by atoms with van der Waals surface area (Å²) < 4.78 is 27.1. The number of hydrogen-bond acceptors (Lipinski definition) is 5. The van der Waals surface area contributed by atoms with Crippen LogP contribution in [0.25, 0.3) is 0 Å². The molecule has 0 fully saturated rings. The number of hydrogen-bond donors (Lipinski definition) is 2. The lowest BCUT2D eigenvalue weighted by atomic mass is 10.2. The van der Waals surface area contributed by atoms with Crippen molar-refractivity contribution in [2.45, 2.75) is 11.8 Å². The Hall–Kier alpha value is -2.94. The number of nitro benzene ring substituents is 1. The molecule has 120 valence electrons. The molecule has 1 amide bonds. The van der Waals surface area contributed by atoms with Crippen molar-refractivity contribution >= 4 is 27.3 Å². The Morgan fingerprint density at radius 1 is 1.17 bits per heavy atom. The number of nitrogens with two attached hydrogens (primary N) is 1. The van der Waals surface area contributed by atoms with Crippen molar-refractivity contribution in [2.24, 2.45) is 5.73 Å². The van der Waals surface area contributed by atoms with Gasteiger partial charge in [-0.05, 0) is 36.8 Å². The van der Waals surface area contributed by atoms with E-state index in [4.69, 9.17) is 5.73 Å². The van der Waals surface area contributed by atoms with Gasteiger partial charge in [-0.25, -0.2) is 8.42 Å². The highest BCUT2D eigenvalue weighted by Gasteiger charge is 2.20. The van der Waals surface area contributed by atoms with Crippen molar-refractivity contribution in [3.63, 3.8) is 0 Å². The van der Waals surface area contributed by atoms with E-state index < -0.39 is 20.9 Å². The maximum Gasteiger partial charge on any atom is 0.270 e. The van der Waals surface area contributed by atoms with Gasteiger partial charge in [0.2, 0.25) is 5.91 Å². The standard InChI is InChI=1S/C14H13N3O5S/c1-9-2-7-12(17(19)20)8-13(9)23(21,22)16-11-5-3-10(4-6-11)14(15)18/h2-8,16H,1H3,(H2,15,18). The van der Waals surface area contributed by atoms with Gasteiger partial charge in [0.25, 0.3) is 15.7 Å². The van der Waals surface area contributed by atoms with E-state index in [0.717, 1.165) is 6.07 Å². The van der Waals surface area contributed by atoms with E-state index in [1.165, 1.54) is 43.3 Å². The van der Waals surface area contributed by atoms with Gasteiger partial charge in [0.1, 0.15) is 0 Å². The van der Waals surface area contributed by atoms with Gasteiger partial charge in [-0.1, -0.05) is 6.07 Å². The summed E-state index contributed by atoms with van der Waals surface area (Å²) in [4.78, 5) is 20.9. The maximum atomic E-state index is 12.4. The van der Waals surface area contributed by atoms with Crippen LogP contribution in [0, 0.1) is 17.0 Å². The fraction of sp³-hybridized carbons (Fsp3) is 0.0714. The Kier molecular flexibility index (Phi) is 4.32. The van der Waals surface area contributed by atoms with Crippen LogP contribution in [0.5, 0.6) is 0 Å². The Bertz CT molecular complexity index is 876. The maximum absolute atomic E-state index is 12.4. The lowest BCUT2D eigenvalue weighted by molar-refractivity contribution is -0.385. The smallest absolute Gasteiger partial charge is 0.270 e. The molecule has 0 radical (unpaired) electrons. The van der Waals surface area contributed by atoms with Crippen LogP contribution in [0.1, 0.15) is 15.9 Å². The van der Waals surface area contributed by atoms with E-state index in [-0.39, 0.29) is 21.8 Å². The van der Waals surface area contributed by atoms with Crippen LogP contribution in [-0.4, -0.2) is 19.2 Å². The lowest BCUT2D eigenvalue weighted by Crippen LogP contribution is -2.15. The van der Waals surface area contributed by atoms with Gasteiger partial charge in [0, 0.05) is 23.4 Å². The number of nitrogens with one attached hydrogen (secondary N) is 1. The molecule has 0 aromatic heterocycles. The van der Waals surface area contributed by atoms with E-state index in [2.05, 4.69) is 4.72 Å². The number of primary amides is 1. The average Bonchev–Trinajstić information content (AvgIpc) is 2.47. The summed E-state index contributed by atoms with van der Waals surface area (Å²) >= 11 is 0. The molecule has 0 aliphatic heterocycles. The number of aryl methyl sites for hydroxylation is 1. The lowest BCUT2D eigenvalue weighted by Gasteiger charge is -2.10. The summed E-state index contributed by atoms with van der Waals surface area (Å²) in [6.07, 6.45) is 0. The molecule has 23 heavy (non-hydrogen) atoms. The minimum absolute atomic E-state index is 0.189. The van der Waals surface area contributed by atoms with Gasteiger partial charge >= 0.3 is 0 Å². The normalized spacial score (nSPS) is 11.0. The van der Waals surface area contributed by atoms with E-state index in [9.17, 15) is 23.3 Å². The third kappa shape index (κ3) is 3.64. The number of non-ortho nitro benzene ring substituents is 1. The van der Waals surface area contributed by atoms with Gasteiger partial charge in [-0.3, -0.25) is 19.6 Å². The minimum atomic E-state index is -4.00. The summed E-state index contributed by atoms with van der Waals surface area (Å²) in [5.41, 5.74) is 5.60. The molecule has 0 atom stereocenters. The third-order valence-electron chi connectivity index (χ3n) is 3.09. The molecule has 0 saturated carbocycles.